The molecule has 2 aromatic rings. The second-order valence-corrected chi connectivity index (χ2v) is 7.69. The normalized spacial score (nSPS) is 17.5. The Labute approximate surface area is 136 Å². The second kappa shape index (κ2) is 6.43. The summed E-state index contributed by atoms with van der Waals surface area (Å²) in [5, 5.41) is 3.76. The zero-order valence-electron chi connectivity index (χ0n) is 13.4. The van der Waals surface area contributed by atoms with Gasteiger partial charge in [-0.05, 0) is 19.4 Å². The van der Waals surface area contributed by atoms with Crippen LogP contribution in [0.1, 0.15) is 17.0 Å². The predicted molar refractivity (Wildman–Crippen MR) is 86.5 cm³/mol. The first-order valence-electron chi connectivity index (χ1n) is 7.68. The van der Waals surface area contributed by atoms with Crippen molar-refractivity contribution in [3.8, 4) is 0 Å². The van der Waals surface area contributed by atoms with E-state index in [0.717, 1.165) is 19.6 Å². The van der Waals surface area contributed by atoms with E-state index in [0.29, 0.717) is 24.5 Å². The summed E-state index contributed by atoms with van der Waals surface area (Å²) in [6.07, 6.45) is 0. The fourth-order valence-corrected chi connectivity index (χ4v) is 4.65. The maximum atomic E-state index is 12.8. The quantitative estimate of drug-likeness (QED) is 0.852. The van der Waals surface area contributed by atoms with Gasteiger partial charge in [-0.25, -0.2) is 8.42 Å². The average Bonchev–Trinajstić information content (AvgIpc) is 2.88. The van der Waals surface area contributed by atoms with Gasteiger partial charge in [-0.1, -0.05) is 35.5 Å². The molecule has 1 aliphatic rings. The lowest BCUT2D eigenvalue weighted by Gasteiger charge is -2.33. The van der Waals surface area contributed by atoms with E-state index in [1.807, 2.05) is 18.2 Å². The van der Waals surface area contributed by atoms with Gasteiger partial charge >= 0.3 is 0 Å². The van der Waals surface area contributed by atoms with Crippen molar-refractivity contribution < 1.29 is 12.9 Å². The molecule has 0 aliphatic carbocycles. The summed E-state index contributed by atoms with van der Waals surface area (Å²) in [4.78, 5) is 2.49. The molecule has 0 bridgehead atoms. The van der Waals surface area contributed by atoms with Gasteiger partial charge in [-0.2, -0.15) is 4.31 Å². The van der Waals surface area contributed by atoms with Gasteiger partial charge in [0.1, 0.15) is 10.6 Å². The number of hydrogen-bond acceptors (Lipinski definition) is 5. The monoisotopic (exact) mass is 335 g/mol. The minimum Gasteiger partial charge on any atom is -0.360 e. The van der Waals surface area contributed by atoms with E-state index in [1.54, 1.807) is 13.8 Å². The van der Waals surface area contributed by atoms with E-state index in [1.165, 1.54) is 9.87 Å². The fraction of sp³-hybridized carbons (Fsp3) is 0.438. The zero-order chi connectivity index (χ0) is 16.4. The van der Waals surface area contributed by atoms with E-state index in [2.05, 4.69) is 22.2 Å². The maximum absolute atomic E-state index is 12.8. The number of benzene rings is 1. The molecule has 6 nitrogen and oxygen atoms in total. The summed E-state index contributed by atoms with van der Waals surface area (Å²) in [5.41, 5.74) is 1.67. The third-order valence-corrected chi connectivity index (χ3v) is 6.29. The number of piperazine rings is 1. The van der Waals surface area contributed by atoms with Crippen molar-refractivity contribution in [1.82, 2.24) is 14.4 Å². The molecule has 0 saturated carbocycles. The van der Waals surface area contributed by atoms with Crippen molar-refractivity contribution in [2.75, 3.05) is 26.2 Å². The number of aryl methyl sites for hydroxylation is 2. The SMILES string of the molecule is Cc1noc(C)c1S(=O)(=O)N1CCN(Cc2ccccc2)CC1. The average molecular weight is 335 g/mol. The van der Waals surface area contributed by atoms with Gasteiger partial charge < -0.3 is 4.52 Å². The largest absolute Gasteiger partial charge is 0.360 e. The summed E-state index contributed by atoms with van der Waals surface area (Å²) in [6.45, 7) is 6.56. The summed E-state index contributed by atoms with van der Waals surface area (Å²) in [6, 6.07) is 10.2. The first-order valence-corrected chi connectivity index (χ1v) is 9.12. The van der Waals surface area contributed by atoms with Crippen LogP contribution in [0.25, 0.3) is 0 Å². The molecule has 23 heavy (non-hydrogen) atoms. The molecule has 1 fully saturated rings. The molecule has 0 radical (unpaired) electrons. The molecule has 0 unspecified atom stereocenters. The van der Waals surface area contributed by atoms with Crippen LogP contribution < -0.4 is 0 Å². The number of sulfonamides is 1. The summed E-state index contributed by atoms with van der Waals surface area (Å²) >= 11 is 0. The Kier molecular flexibility index (Phi) is 4.52. The van der Waals surface area contributed by atoms with E-state index < -0.39 is 10.0 Å². The molecular formula is C16H21N3O3S. The molecular weight excluding hydrogens is 314 g/mol. The van der Waals surface area contributed by atoms with Crippen LogP contribution >= 0.6 is 0 Å². The summed E-state index contributed by atoms with van der Waals surface area (Å²) < 4.78 is 32.1. The molecule has 2 heterocycles. The third kappa shape index (κ3) is 3.31. The molecule has 7 heteroatoms. The Morgan fingerprint density at radius 1 is 1.09 bits per heavy atom. The Bertz CT molecular complexity index is 744. The lowest BCUT2D eigenvalue weighted by Crippen LogP contribution is -2.48. The van der Waals surface area contributed by atoms with Crippen molar-refractivity contribution in [3.05, 3.63) is 47.3 Å². The van der Waals surface area contributed by atoms with Crippen LogP contribution in [0.15, 0.2) is 39.8 Å². The number of aromatic nitrogens is 1. The fourth-order valence-electron chi connectivity index (χ4n) is 2.94. The van der Waals surface area contributed by atoms with Gasteiger partial charge in [-0.15, -0.1) is 0 Å². The molecule has 124 valence electrons. The van der Waals surface area contributed by atoms with Crippen molar-refractivity contribution in [2.45, 2.75) is 25.3 Å². The first kappa shape index (κ1) is 16.2. The van der Waals surface area contributed by atoms with Crippen LogP contribution in [-0.4, -0.2) is 49.0 Å². The standard InChI is InChI=1S/C16H21N3O3S/c1-13-16(14(2)22-17-13)23(20,21)19-10-8-18(9-11-19)12-15-6-4-3-5-7-15/h3-7H,8-12H2,1-2H3. The Balaban J connectivity index is 1.67. The molecule has 1 aromatic carbocycles. The van der Waals surface area contributed by atoms with Gasteiger partial charge in [0, 0.05) is 32.7 Å². The highest BCUT2D eigenvalue weighted by Gasteiger charge is 2.33. The van der Waals surface area contributed by atoms with Crippen molar-refractivity contribution in [3.63, 3.8) is 0 Å². The molecule has 1 saturated heterocycles. The highest BCUT2D eigenvalue weighted by Crippen LogP contribution is 2.24. The van der Waals surface area contributed by atoms with Crippen LogP contribution in [0, 0.1) is 13.8 Å². The van der Waals surface area contributed by atoms with Crippen molar-refractivity contribution in [2.24, 2.45) is 0 Å². The van der Waals surface area contributed by atoms with Gasteiger partial charge in [-0.3, -0.25) is 4.90 Å². The smallest absolute Gasteiger partial charge is 0.248 e. The minimum absolute atomic E-state index is 0.217. The molecule has 0 N–H and O–H groups in total. The van der Waals surface area contributed by atoms with Gasteiger partial charge in [0.2, 0.25) is 10.0 Å². The molecule has 0 spiro atoms. The second-order valence-electron chi connectivity index (χ2n) is 5.82. The highest BCUT2D eigenvalue weighted by molar-refractivity contribution is 7.89. The van der Waals surface area contributed by atoms with Crippen LogP contribution in [0.5, 0.6) is 0 Å². The molecule has 1 aliphatic heterocycles. The molecule has 0 amide bonds. The lowest BCUT2D eigenvalue weighted by molar-refractivity contribution is 0.181. The first-order chi connectivity index (χ1) is 11.0. The lowest BCUT2D eigenvalue weighted by atomic mass is 10.2. The molecule has 1 aromatic heterocycles. The zero-order valence-corrected chi connectivity index (χ0v) is 14.2. The highest BCUT2D eigenvalue weighted by atomic mass is 32.2. The van der Waals surface area contributed by atoms with Gasteiger partial charge in [0.05, 0.1) is 0 Å². The topological polar surface area (TPSA) is 66.7 Å². The third-order valence-electron chi connectivity index (χ3n) is 4.15. The Morgan fingerprint density at radius 2 is 1.74 bits per heavy atom. The van der Waals surface area contributed by atoms with Crippen molar-refractivity contribution in [1.29, 1.82) is 0 Å². The van der Waals surface area contributed by atoms with E-state index in [9.17, 15) is 8.42 Å². The number of rotatable bonds is 4. The Morgan fingerprint density at radius 3 is 2.30 bits per heavy atom. The van der Waals surface area contributed by atoms with Gasteiger partial charge in [0.25, 0.3) is 0 Å². The van der Waals surface area contributed by atoms with Crippen molar-refractivity contribution >= 4 is 10.0 Å². The van der Waals surface area contributed by atoms with E-state index in [4.69, 9.17) is 4.52 Å². The maximum Gasteiger partial charge on any atom is 0.248 e. The van der Waals surface area contributed by atoms with E-state index >= 15 is 0 Å². The molecule has 3 rings (SSSR count). The molecule has 0 atom stereocenters. The minimum atomic E-state index is -3.53. The number of hydrogen-bond donors (Lipinski definition) is 0. The van der Waals surface area contributed by atoms with E-state index in [-0.39, 0.29) is 4.90 Å². The summed E-state index contributed by atoms with van der Waals surface area (Å²) in [5.74, 6) is 0.356. The van der Waals surface area contributed by atoms with Crippen LogP contribution in [0.3, 0.4) is 0 Å². The van der Waals surface area contributed by atoms with Crippen LogP contribution in [0.4, 0.5) is 0 Å². The Hall–Kier alpha value is -1.70. The van der Waals surface area contributed by atoms with Crippen LogP contribution in [-0.2, 0) is 16.6 Å². The van der Waals surface area contributed by atoms with Crippen LogP contribution in [0.2, 0.25) is 0 Å². The van der Waals surface area contributed by atoms with Gasteiger partial charge in [0.15, 0.2) is 5.76 Å². The summed E-state index contributed by atoms with van der Waals surface area (Å²) in [7, 11) is -3.53. The number of nitrogens with zero attached hydrogens (tertiary/aromatic N) is 3. The predicted octanol–water partition coefficient (Wildman–Crippen LogP) is 1.80.